The minimum absolute atomic E-state index is 0.152. The Morgan fingerprint density at radius 3 is 2.44 bits per heavy atom. The van der Waals surface area contributed by atoms with Gasteiger partial charge in [0.05, 0.1) is 0 Å². The van der Waals surface area contributed by atoms with Gasteiger partial charge in [-0.05, 0) is 50.9 Å². The first-order valence-electron chi connectivity index (χ1n) is 9.32. The number of likely N-dealkylation sites (N-methyl/N-ethyl adjacent to an activating group) is 1. The van der Waals surface area contributed by atoms with Crippen molar-refractivity contribution in [3.63, 3.8) is 0 Å². The third-order valence-corrected chi connectivity index (χ3v) is 7.78. The number of para-hydroxylation sites is 1. The highest BCUT2D eigenvalue weighted by Crippen LogP contribution is 2.32. The molecular formula is C19H27N3O4S. The van der Waals surface area contributed by atoms with Crippen LogP contribution in [-0.4, -0.2) is 68.9 Å². The standard InChI is InChI=1S/C19H27N3O4S/c1-21(18(24)19(27(2,25)26)10-12-20-13-11-19)16-9-6-14-22(17(16)23)15-7-4-3-5-8-15/h3-5,7-8,16,20H,6,9-14H2,1-2H3. The Kier molecular flexibility index (Phi) is 5.58. The van der Waals surface area contributed by atoms with Gasteiger partial charge >= 0.3 is 0 Å². The molecule has 27 heavy (non-hydrogen) atoms. The fourth-order valence-electron chi connectivity index (χ4n) is 4.12. The highest BCUT2D eigenvalue weighted by atomic mass is 32.2. The van der Waals surface area contributed by atoms with E-state index in [1.807, 2.05) is 30.3 Å². The Labute approximate surface area is 160 Å². The second-order valence-electron chi connectivity index (χ2n) is 7.42. The van der Waals surface area contributed by atoms with Gasteiger partial charge in [0.25, 0.3) is 0 Å². The van der Waals surface area contributed by atoms with Gasteiger partial charge in [-0.2, -0.15) is 0 Å². The van der Waals surface area contributed by atoms with E-state index in [-0.39, 0.29) is 18.7 Å². The number of nitrogens with zero attached hydrogens (tertiary/aromatic N) is 2. The van der Waals surface area contributed by atoms with Crippen molar-refractivity contribution in [2.45, 2.75) is 36.5 Å². The summed E-state index contributed by atoms with van der Waals surface area (Å²) in [4.78, 5) is 29.4. The van der Waals surface area contributed by atoms with Gasteiger partial charge in [-0.3, -0.25) is 9.59 Å². The quantitative estimate of drug-likeness (QED) is 0.818. The maximum Gasteiger partial charge on any atom is 0.249 e. The average Bonchev–Trinajstić information content (AvgIpc) is 2.67. The second-order valence-corrected chi connectivity index (χ2v) is 9.74. The largest absolute Gasteiger partial charge is 0.332 e. The maximum atomic E-state index is 13.3. The molecular weight excluding hydrogens is 366 g/mol. The Morgan fingerprint density at radius 2 is 1.85 bits per heavy atom. The summed E-state index contributed by atoms with van der Waals surface area (Å²) in [7, 11) is -2.05. The van der Waals surface area contributed by atoms with Crippen LogP contribution in [0.15, 0.2) is 30.3 Å². The summed E-state index contributed by atoms with van der Waals surface area (Å²) in [5.74, 6) is -0.611. The molecule has 7 nitrogen and oxygen atoms in total. The van der Waals surface area contributed by atoms with Crippen LogP contribution in [0.3, 0.4) is 0 Å². The number of piperidine rings is 2. The van der Waals surface area contributed by atoms with Gasteiger partial charge in [-0.1, -0.05) is 18.2 Å². The van der Waals surface area contributed by atoms with Crippen LogP contribution in [0.4, 0.5) is 5.69 Å². The molecule has 0 bridgehead atoms. The van der Waals surface area contributed by atoms with Gasteiger partial charge < -0.3 is 15.1 Å². The fraction of sp³-hybridized carbons (Fsp3) is 0.579. The number of benzene rings is 1. The van der Waals surface area contributed by atoms with Crippen LogP contribution in [0.2, 0.25) is 0 Å². The summed E-state index contributed by atoms with van der Waals surface area (Å²) < 4.78 is 23.6. The molecule has 0 radical (unpaired) electrons. The van der Waals surface area contributed by atoms with Gasteiger partial charge in [0.15, 0.2) is 14.6 Å². The van der Waals surface area contributed by atoms with Crippen molar-refractivity contribution in [2.24, 2.45) is 0 Å². The molecule has 148 valence electrons. The smallest absolute Gasteiger partial charge is 0.249 e. The molecule has 2 aliphatic heterocycles. The summed E-state index contributed by atoms with van der Waals surface area (Å²) in [6.07, 6.45) is 2.90. The second kappa shape index (κ2) is 7.59. The van der Waals surface area contributed by atoms with Gasteiger partial charge in [0.1, 0.15) is 6.04 Å². The monoisotopic (exact) mass is 393 g/mol. The lowest BCUT2D eigenvalue weighted by Gasteiger charge is -2.42. The zero-order valence-electron chi connectivity index (χ0n) is 15.8. The number of rotatable bonds is 4. The van der Waals surface area contributed by atoms with Gasteiger partial charge in [0.2, 0.25) is 11.8 Å². The first-order valence-corrected chi connectivity index (χ1v) is 11.2. The van der Waals surface area contributed by atoms with Crippen molar-refractivity contribution < 1.29 is 18.0 Å². The van der Waals surface area contributed by atoms with Crippen LogP contribution in [0.1, 0.15) is 25.7 Å². The average molecular weight is 394 g/mol. The maximum absolute atomic E-state index is 13.3. The number of anilines is 1. The Hall–Kier alpha value is -1.93. The van der Waals surface area contributed by atoms with E-state index in [4.69, 9.17) is 0 Å². The van der Waals surface area contributed by atoms with E-state index < -0.39 is 26.5 Å². The highest BCUT2D eigenvalue weighted by molar-refractivity contribution is 7.92. The first-order chi connectivity index (χ1) is 12.8. The lowest BCUT2D eigenvalue weighted by atomic mass is 9.93. The van der Waals surface area contributed by atoms with Crippen LogP contribution >= 0.6 is 0 Å². The molecule has 1 unspecified atom stereocenters. The van der Waals surface area contributed by atoms with Gasteiger partial charge in [-0.15, -0.1) is 0 Å². The SMILES string of the molecule is CN(C(=O)C1(S(C)(=O)=O)CCNCC1)C1CCCN(c2ccccc2)C1=O. The molecule has 2 saturated heterocycles. The van der Waals surface area contributed by atoms with Crippen molar-refractivity contribution in [3.05, 3.63) is 30.3 Å². The predicted molar refractivity (Wildman–Crippen MR) is 104 cm³/mol. The van der Waals surface area contributed by atoms with Crippen LogP contribution in [0.25, 0.3) is 0 Å². The van der Waals surface area contributed by atoms with E-state index in [1.54, 1.807) is 11.9 Å². The van der Waals surface area contributed by atoms with Crippen LogP contribution in [0.5, 0.6) is 0 Å². The van der Waals surface area contributed by atoms with E-state index in [9.17, 15) is 18.0 Å². The number of carbonyl (C=O) groups is 2. The summed E-state index contributed by atoms with van der Waals surface area (Å²) in [6, 6.07) is 8.72. The minimum atomic E-state index is -3.61. The van der Waals surface area contributed by atoms with E-state index in [0.29, 0.717) is 26.1 Å². The molecule has 2 aliphatic rings. The van der Waals surface area contributed by atoms with Crippen molar-refractivity contribution >= 4 is 27.3 Å². The molecule has 1 N–H and O–H groups in total. The van der Waals surface area contributed by atoms with Crippen molar-refractivity contribution in [1.82, 2.24) is 10.2 Å². The summed E-state index contributed by atoms with van der Waals surface area (Å²) in [5.41, 5.74) is 0.799. The lowest BCUT2D eigenvalue weighted by molar-refractivity contribution is -0.141. The Morgan fingerprint density at radius 1 is 1.22 bits per heavy atom. The molecule has 2 amide bonds. The Bertz CT molecular complexity index is 804. The first kappa shape index (κ1) is 19.8. The molecule has 3 rings (SSSR count). The number of hydrogen-bond donors (Lipinski definition) is 1. The number of hydrogen-bond acceptors (Lipinski definition) is 5. The van der Waals surface area contributed by atoms with E-state index in [0.717, 1.165) is 18.4 Å². The zero-order chi connectivity index (χ0) is 19.7. The third kappa shape index (κ3) is 3.60. The molecule has 1 aromatic carbocycles. The number of amides is 2. The molecule has 2 heterocycles. The third-order valence-electron chi connectivity index (χ3n) is 5.78. The molecule has 0 saturated carbocycles. The van der Waals surface area contributed by atoms with Crippen molar-refractivity contribution in [3.8, 4) is 0 Å². The van der Waals surface area contributed by atoms with E-state index in [2.05, 4.69) is 5.32 Å². The number of carbonyl (C=O) groups excluding carboxylic acids is 2. The predicted octanol–water partition coefficient (Wildman–Crippen LogP) is 0.807. The molecule has 1 aromatic rings. The van der Waals surface area contributed by atoms with Crippen LogP contribution in [-0.2, 0) is 19.4 Å². The summed E-state index contributed by atoms with van der Waals surface area (Å²) >= 11 is 0. The van der Waals surface area contributed by atoms with Gasteiger partial charge in [0, 0.05) is 25.5 Å². The number of nitrogens with one attached hydrogen (secondary N) is 1. The molecule has 1 atom stereocenters. The molecule has 8 heteroatoms. The number of sulfone groups is 1. The minimum Gasteiger partial charge on any atom is -0.332 e. The van der Waals surface area contributed by atoms with Crippen molar-refractivity contribution in [2.75, 3.05) is 37.8 Å². The van der Waals surface area contributed by atoms with Crippen molar-refractivity contribution in [1.29, 1.82) is 0 Å². The zero-order valence-corrected chi connectivity index (χ0v) is 16.7. The van der Waals surface area contributed by atoms with Gasteiger partial charge in [-0.25, -0.2) is 8.42 Å². The Balaban J connectivity index is 1.86. The molecule has 0 aromatic heterocycles. The normalized spacial score (nSPS) is 23.1. The summed E-state index contributed by atoms with van der Waals surface area (Å²) in [5, 5.41) is 3.11. The highest BCUT2D eigenvalue weighted by Gasteiger charge is 2.51. The van der Waals surface area contributed by atoms with Crippen LogP contribution in [0, 0.1) is 0 Å². The molecule has 2 fully saturated rings. The molecule has 0 aliphatic carbocycles. The fourth-order valence-corrected chi connectivity index (χ4v) is 5.52. The summed E-state index contributed by atoms with van der Waals surface area (Å²) in [6.45, 7) is 1.55. The van der Waals surface area contributed by atoms with E-state index in [1.165, 1.54) is 4.90 Å². The molecule has 0 spiro atoms. The lowest BCUT2D eigenvalue weighted by Crippen LogP contribution is -2.62. The van der Waals surface area contributed by atoms with Crippen LogP contribution < -0.4 is 10.2 Å². The van der Waals surface area contributed by atoms with E-state index >= 15 is 0 Å². The topological polar surface area (TPSA) is 86.8 Å².